The molecule has 0 bridgehead atoms. The van der Waals surface area contributed by atoms with E-state index in [1.54, 1.807) is 6.07 Å². The zero-order chi connectivity index (χ0) is 19.9. The van der Waals surface area contributed by atoms with Crippen LogP contribution in [0, 0.1) is 0 Å². The quantitative estimate of drug-likeness (QED) is 0.206. The highest BCUT2D eigenvalue weighted by molar-refractivity contribution is 7.13. The monoisotopic (exact) mass is 402 g/mol. The standard InChI is InChI=1S/C23H22N4OS/c28-22(21-15-8-16-29-21)23(26-24-18-11-2-1-3-12-18)27-25-20-14-7-5-10-17-9-4-6-13-19(17)20/h1-4,6,8-9,11-13,15-16,24H,5,7,10,14H2,(H,26,27)/b25-20+. The van der Waals surface area contributed by atoms with E-state index in [9.17, 15) is 4.79 Å². The van der Waals surface area contributed by atoms with Gasteiger partial charge in [-0.2, -0.15) is 10.2 Å². The fraction of sp³-hybridized carbons (Fsp3) is 0.174. The second-order valence-electron chi connectivity index (χ2n) is 6.78. The van der Waals surface area contributed by atoms with E-state index in [0.29, 0.717) is 4.88 Å². The number of anilines is 1. The molecular weight excluding hydrogens is 380 g/mol. The summed E-state index contributed by atoms with van der Waals surface area (Å²) in [6.07, 6.45) is 4.14. The van der Waals surface area contributed by atoms with Gasteiger partial charge in [-0.15, -0.1) is 11.3 Å². The first-order valence-corrected chi connectivity index (χ1v) is 10.6. The van der Waals surface area contributed by atoms with Gasteiger partial charge in [-0.05, 0) is 54.8 Å². The van der Waals surface area contributed by atoms with E-state index in [0.717, 1.165) is 42.6 Å². The van der Waals surface area contributed by atoms with Crippen molar-refractivity contribution in [1.29, 1.82) is 0 Å². The molecule has 0 radical (unpaired) electrons. The van der Waals surface area contributed by atoms with Crippen LogP contribution in [0.15, 0.2) is 82.3 Å². The van der Waals surface area contributed by atoms with Gasteiger partial charge in [0.25, 0.3) is 0 Å². The molecule has 1 aliphatic carbocycles. The van der Waals surface area contributed by atoms with Crippen LogP contribution in [0.3, 0.4) is 0 Å². The Morgan fingerprint density at radius 3 is 2.52 bits per heavy atom. The normalized spacial score (nSPS) is 15.4. The molecular formula is C23H22N4OS. The number of Topliss-reactive ketones (excluding diaryl/α,β-unsaturated/α-hetero) is 1. The average Bonchev–Trinajstić information content (AvgIpc) is 3.23. The number of nitrogens with zero attached hydrogens (tertiary/aromatic N) is 2. The maximum absolute atomic E-state index is 12.9. The van der Waals surface area contributed by atoms with Crippen molar-refractivity contribution in [1.82, 2.24) is 5.43 Å². The van der Waals surface area contributed by atoms with Crippen LogP contribution in [0.1, 0.15) is 40.1 Å². The number of hydrogen-bond donors (Lipinski definition) is 2. The SMILES string of the molecule is O=C(/C(=N\Nc1ccccc1)N/N=C1\CCCCc2ccccc21)c1cccs1. The number of rotatable bonds is 5. The van der Waals surface area contributed by atoms with Gasteiger partial charge in [-0.25, -0.2) is 0 Å². The third-order valence-electron chi connectivity index (χ3n) is 4.77. The number of amidine groups is 1. The molecule has 3 aromatic rings. The van der Waals surface area contributed by atoms with Gasteiger partial charge in [0.15, 0.2) is 0 Å². The minimum absolute atomic E-state index is 0.172. The fourth-order valence-electron chi connectivity index (χ4n) is 3.28. The minimum Gasteiger partial charge on any atom is -0.284 e. The molecule has 0 saturated carbocycles. The molecule has 0 unspecified atom stereocenters. The van der Waals surface area contributed by atoms with Gasteiger partial charge in [-0.1, -0.05) is 48.5 Å². The summed E-state index contributed by atoms with van der Waals surface area (Å²) in [7, 11) is 0. The molecule has 1 heterocycles. The molecule has 0 atom stereocenters. The maximum Gasteiger partial charge on any atom is 0.241 e. The minimum atomic E-state index is -0.185. The average molecular weight is 403 g/mol. The third-order valence-corrected chi connectivity index (χ3v) is 5.63. The van der Waals surface area contributed by atoms with Gasteiger partial charge >= 0.3 is 0 Å². The van der Waals surface area contributed by atoms with E-state index >= 15 is 0 Å². The number of para-hydroxylation sites is 1. The van der Waals surface area contributed by atoms with E-state index in [2.05, 4.69) is 39.3 Å². The van der Waals surface area contributed by atoms with Crippen molar-refractivity contribution in [3.63, 3.8) is 0 Å². The van der Waals surface area contributed by atoms with Gasteiger partial charge in [0.2, 0.25) is 11.6 Å². The molecule has 146 valence electrons. The summed E-state index contributed by atoms with van der Waals surface area (Å²) in [4.78, 5) is 13.5. The largest absolute Gasteiger partial charge is 0.284 e. The second-order valence-corrected chi connectivity index (χ2v) is 7.73. The van der Waals surface area contributed by atoms with E-state index in [-0.39, 0.29) is 11.6 Å². The van der Waals surface area contributed by atoms with Crippen molar-refractivity contribution in [2.45, 2.75) is 25.7 Å². The second kappa shape index (κ2) is 9.30. The number of nitrogens with one attached hydrogen (secondary N) is 2. The lowest BCUT2D eigenvalue weighted by Gasteiger charge is -2.10. The molecule has 0 aliphatic heterocycles. The fourth-order valence-corrected chi connectivity index (χ4v) is 3.95. The number of hydrogen-bond acceptors (Lipinski definition) is 5. The first-order valence-electron chi connectivity index (χ1n) is 9.69. The number of fused-ring (bicyclic) bond motifs is 1. The van der Waals surface area contributed by atoms with E-state index in [4.69, 9.17) is 0 Å². The molecule has 1 aliphatic rings. The Hall–Kier alpha value is -3.25. The highest BCUT2D eigenvalue weighted by atomic mass is 32.1. The molecule has 0 amide bonds. The predicted molar refractivity (Wildman–Crippen MR) is 120 cm³/mol. The topological polar surface area (TPSA) is 65.8 Å². The highest BCUT2D eigenvalue weighted by Crippen LogP contribution is 2.21. The Labute approximate surface area is 174 Å². The van der Waals surface area contributed by atoms with Gasteiger partial charge < -0.3 is 0 Å². The number of thiophene rings is 1. The number of ketones is 1. The van der Waals surface area contributed by atoms with Crippen molar-refractivity contribution >= 4 is 34.4 Å². The number of aryl methyl sites for hydroxylation is 1. The molecule has 0 saturated heterocycles. The maximum atomic E-state index is 12.9. The molecule has 2 N–H and O–H groups in total. The molecule has 6 heteroatoms. The molecule has 0 spiro atoms. The number of hydrazone groups is 2. The summed E-state index contributed by atoms with van der Waals surface area (Å²) < 4.78 is 0. The smallest absolute Gasteiger partial charge is 0.241 e. The van der Waals surface area contributed by atoms with E-state index in [1.165, 1.54) is 16.9 Å². The lowest BCUT2D eigenvalue weighted by atomic mass is 10.0. The Morgan fingerprint density at radius 2 is 1.69 bits per heavy atom. The molecule has 2 aromatic carbocycles. The van der Waals surface area contributed by atoms with Crippen LogP contribution in [0.2, 0.25) is 0 Å². The molecule has 1 aromatic heterocycles. The Balaban J connectivity index is 1.61. The molecule has 4 rings (SSSR count). The zero-order valence-electron chi connectivity index (χ0n) is 16.0. The Morgan fingerprint density at radius 1 is 0.897 bits per heavy atom. The lowest BCUT2D eigenvalue weighted by molar-refractivity contribution is 0.106. The first-order chi connectivity index (χ1) is 14.3. The van der Waals surface area contributed by atoms with Crippen LogP contribution in [-0.2, 0) is 6.42 Å². The molecule has 5 nitrogen and oxygen atoms in total. The zero-order valence-corrected chi connectivity index (χ0v) is 16.8. The molecule has 29 heavy (non-hydrogen) atoms. The van der Waals surface area contributed by atoms with E-state index < -0.39 is 0 Å². The Kier molecular flexibility index (Phi) is 6.12. The van der Waals surface area contributed by atoms with Crippen molar-refractivity contribution < 1.29 is 4.79 Å². The summed E-state index contributed by atoms with van der Waals surface area (Å²) in [5, 5.41) is 10.8. The van der Waals surface area contributed by atoms with Crippen molar-refractivity contribution in [3.05, 3.63) is 88.1 Å². The summed E-state index contributed by atoms with van der Waals surface area (Å²) in [5.41, 5.74) is 10.1. The van der Waals surface area contributed by atoms with Crippen LogP contribution in [0.5, 0.6) is 0 Å². The van der Waals surface area contributed by atoms with E-state index in [1.807, 2.05) is 47.8 Å². The van der Waals surface area contributed by atoms with Crippen LogP contribution in [0.4, 0.5) is 5.69 Å². The molecule has 0 fully saturated rings. The summed E-state index contributed by atoms with van der Waals surface area (Å²) >= 11 is 1.39. The predicted octanol–water partition coefficient (Wildman–Crippen LogP) is 5.08. The summed E-state index contributed by atoms with van der Waals surface area (Å²) in [6, 6.07) is 21.5. The van der Waals surface area contributed by atoms with Crippen molar-refractivity contribution in [2.75, 3.05) is 5.43 Å². The Bertz CT molecular complexity index is 1030. The van der Waals surface area contributed by atoms with Crippen LogP contribution >= 0.6 is 11.3 Å². The number of carbonyl (C=O) groups excluding carboxylic acids is 1. The van der Waals surface area contributed by atoms with Gasteiger partial charge in [-0.3, -0.25) is 15.6 Å². The highest BCUT2D eigenvalue weighted by Gasteiger charge is 2.17. The first kappa shape index (κ1) is 19.1. The third kappa shape index (κ3) is 4.78. The summed E-state index contributed by atoms with van der Waals surface area (Å²) in [5.74, 6) is -0.0137. The lowest BCUT2D eigenvalue weighted by Crippen LogP contribution is -2.29. The summed E-state index contributed by atoms with van der Waals surface area (Å²) in [6.45, 7) is 0. The van der Waals surface area contributed by atoms with Crippen LogP contribution < -0.4 is 10.9 Å². The number of carbonyl (C=O) groups is 1. The van der Waals surface area contributed by atoms with Crippen LogP contribution in [-0.4, -0.2) is 17.3 Å². The van der Waals surface area contributed by atoms with Crippen molar-refractivity contribution in [3.8, 4) is 0 Å². The number of benzene rings is 2. The van der Waals surface area contributed by atoms with Crippen molar-refractivity contribution in [2.24, 2.45) is 10.2 Å². The van der Waals surface area contributed by atoms with Gasteiger partial charge in [0.1, 0.15) is 0 Å². The van der Waals surface area contributed by atoms with Gasteiger partial charge in [0.05, 0.1) is 16.3 Å². The van der Waals surface area contributed by atoms with Crippen LogP contribution in [0.25, 0.3) is 0 Å². The van der Waals surface area contributed by atoms with Gasteiger partial charge in [0, 0.05) is 5.56 Å².